The van der Waals surface area contributed by atoms with Crippen LogP contribution in [0.3, 0.4) is 0 Å². The lowest BCUT2D eigenvalue weighted by Gasteiger charge is -2.31. The summed E-state index contributed by atoms with van der Waals surface area (Å²) in [6.45, 7) is 13.6. The number of allylic oxidation sites excluding steroid dienone is 2. The molecule has 1 aliphatic rings. The van der Waals surface area contributed by atoms with Crippen LogP contribution in [0.25, 0.3) is 38.7 Å². The van der Waals surface area contributed by atoms with Gasteiger partial charge in [0.25, 0.3) is 0 Å². The smallest absolute Gasteiger partial charge is 0.128 e. The summed E-state index contributed by atoms with van der Waals surface area (Å²) in [6, 6.07) is 20.9. The summed E-state index contributed by atoms with van der Waals surface area (Å²) in [5, 5.41) is 10.4. The molecule has 0 aliphatic heterocycles. The highest BCUT2D eigenvalue weighted by molar-refractivity contribution is 6.04. The number of anilines is 1. The molecule has 0 saturated carbocycles. The number of aromatic nitrogens is 2. The van der Waals surface area contributed by atoms with Crippen molar-refractivity contribution in [2.45, 2.75) is 60.3 Å². The predicted molar refractivity (Wildman–Crippen MR) is 173 cm³/mol. The Kier molecular flexibility index (Phi) is 8.84. The van der Waals surface area contributed by atoms with Crippen LogP contribution in [0.5, 0.6) is 0 Å². The molecule has 0 fully saturated rings. The minimum atomic E-state index is 0.566. The molecule has 0 saturated heterocycles. The second-order valence-electron chi connectivity index (χ2n) is 12.1. The molecular formula is C37H42N4. The fourth-order valence-corrected chi connectivity index (χ4v) is 6.01. The molecule has 4 heteroatoms. The number of nitriles is 1. The molecule has 1 aliphatic carbocycles. The van der Waals surface area contributed by atoms with Crippen LogP contribution >= 0.6 is 0 Å². The van der Waals surface area contributed by atoms with Gasteiger partial charge in [-0.25, -0.2) is 4.98 Å². The van der Waals surface area contributed by atoms with E-state index in [2.05, 4.69) is 82.0 Å². The number of para-hydroxylation sites is 1. The van der Waals surface area contributed by atoms with Crippen LogP contribution in [0, 0.1) is 29.1 Å². The Morgan fingerprint density at radius 1 is 0.854 bits per heavy atom. The number of nitrogens with zero attached hydrogens (tertiary/aromatic N) is 4. The summed E-state index contributed by atoms with van der Waals surface area (Å²) < 4.78 is 0. The molecule has 2 aromatic carbocycles. The lowest BCUT2D eigenvalue weighted by molar-refractivity contribution is 0.370. The van der Waals surface area contributed by atoms with Gasteiger partial charge < -0.3 is 4.90 Å². The average Bonchev–Trinajstić information content (AvgIpc) is 3.54. The van der Waals surface area contributed by atoms with Crippen molar-refractivity contribution in [1.82, 2.24) is 9.97 Å². The van der Waals surface area contributed by atoms with Crippen molar-refractivity contribution in [3.63, 3.8) is 0 Å². The van der Waals surface area contributed by atoms with Gasteiger partial charge in [-0.1, -0.05) is 77.4 Å². The summed E-state index contributed by atoms with van der Waals surface area (Å²) >= 11 is 0. The molecule has 5 rings (SSSR count). The van der Waals surface area contributed by atoms with Crippen molar-refractivity contribution in [2.75, 3.05) is 18.0 Å². The lowest BCUT2D eigenvalue weighted by Crippen LogP contribution is -2.34. The number of hydrogen-bond acceptors (Lipinski definition) is 4. The molecule has 0 N–H and O–H groups in total. The van der Waals surface area contributed by atoms with E-state index in [0.717, 1.165) is 59.5 Å². The Hall–Kier alpha value is -3.97. The maximum atomic E-state index is 9.25. The highest BCUT2D eigenvalue weighted by Gasteiger charge is 2.21. The zero-order valence-corrected chi connectivity index (χ0v) is 25.2. The first-order chi connectivity index (χ1) is 19.9. The van der Waals surface area contributed by atoms with Crippen molar-refractivity contribution in [2.24, 2.45) is 17.8 Å². The first-order valence-corrected chi connectivity index (χ1v) is 15.2. The highest BCUT2D eigenvalue weighted by atomic mass is 15.2. The second-order valence-corrected chi connectivity index (χ2v) is 12.1. The molecule has 2 atom stereocenters. The molecule has 210 valence electrons. The van der Waals surface area contributed by atoms with Crippen molar-refractivity contribution < 1.29 is 0 Å². The lowest BCUT2D eigenvalue weighted by atomic mass is 9.90. The second kappa shape index (κ2) is 12.7. The van der Waals surface area contributed by atoms with Crippen molar-refractivity contribution in [3.05, 3.63) is 84.2 Å². The van der Waals surface area contributed by atoms with Crippen LogP contribution in [0.4, 0.5) is 5.82 Å². The van der Waals surface area contributed by atoms with Crippen LogP contribution in [-0.2, 0) is 0 Å². The molecule has 0 radical (unpaired) electrons. The molecule has 0 spiro atoms. The van der Waals surface area contributed by atoms with E-state index in [9.17, 15) is 5.26 Å². The fourth-order valence-electron chi connectivity index (χ4n) is 6.01. The molecule has 4 aromatic rings. The zero-order chi connectivity index (χ0) is 28.9. The van der Waals surface area contributed by atoms with E-state index >= 15 is 0 Å². The number of hydrogen-bond donors (Lipinski definition) is 0. The first kappa shape index (κ1) is 28.6. The molecule has 2 heterocycles. The van der Waals surface area contributed by atoms with Gasteiger partial charge in [-0.15, -0.1) is 0 Å². The molecule has 2 aromatic heterocycles. The third-order valence-electron chi connectivity index (χ3n) is 8.68. The van der Waals surface area contributed by atoms with E-state index in [1.165, 1.54) is 29.4 Å². The van der Waals surface area contributed by atoms with Gasteiger partial charge >= 0.3 is 0 Å². The molecule has 0 amide bonds. The van der Waals surface area contributed by atoms with Gasteiger partial charge in [0.15, 0.2) is 0 Å². The molecular weight excluding hydrogens is 500 g/mol. The normalized spacial score (nSPS) is 14.6. The minimum absolute atomic E-state index is 0.566. The van der Waals surface area contributed by atoms with Crippen LogP contribution < -0.4 is 4.90 Å². The van der Waals surface area contributed by atoms with E-state index in [0.29, 0.717) is 23.3 Å². The van der Waals surface area contributed by atoms with Gasteiger partial charge in [0.1, 0.15) is 5.82 Å². The molecule has 0 bridgehead atoms. The summed E-state index contributed by atoms with van der Waals surface area (Å²) in [6.07, 6.45) is 11.1. The third-order valence-corrected chi connectivity index (χ3v) is 8.68. The number of fused-ring (bicyclic) bond motifs is 1. The Labute approximate surface area is 245 Å². The monoisotopic (exact) mass is 542 g/mol. The minimum Gasteiger partial charge on any atom is -0.356 e. The van der Waals surface area contributed by atoms with Gasteiger partial charge in [0.2, 0.25) is 0 Å². The summed E-state index contributed by atoms with van der Waals surface area (Å²) in [5.74, 6) is 2.91. The first-order valence-electron chi connectivity index (χ1n) is 15.2. The van der Waals surface area contributed by atoms with Crippen LogP contribution in [0.1, 0.15) is 71.4 Å². The van der Waals surface area contributed by atoms with Crippen LogP contribution in [-0.4, -0.2) is 23.1 Å². The van der Waals surface area contributed by atoms with Crippen molar-refractivity contribution >= 4 is 22.3 Å². The number of rotatable bonds is 10. The molecule has 41 heavy (non-hydrogen) atoms. The van der Waals surface area contributed by atoms with E-state index in [4.69, 9.17) is 9.97 Å². The SMILES string of the molecule is CCC(C)C(C)CN(CC(C)C)c1ccc(-c2cnc3c(-c4ccc(C#N)cc4)cccc3c2C2=CCCC2)cn1. The zero-order valence-electron chi connectivity index (χ0n) is 25.2. The van der Waals surface area contributed by atoms with E-state index in [1.54, 1.807) is 0 Å². The summed E-state index contributed by atoms with van der Waals surface area (Å²) in [4.78, 5) is 12.5. The Balaban J connectivity index is 1.56. The van der Waals surface area contributed by atoms with Crippen LogP contribution in [0.15, 0.2) is 73.1 Å². The topological polar surface area (TPSA) is 52.8 Å². The van der Waals surface area contributed by atoms with Gasteiger partial charge in [0.05, 0.1) is 17.1 Å². The maximum Gasteiger partial charge on any atom is 0.128 e. The van der Waals surface area contributed by atoms with E-state index in [-0.39, 0.29) is 0 Å². The standard InChI is InChI=1S/C37H42N4/c1-6-26(4)27(5)24-41(23-25(2)3)35-19-18-31(21-39-35)34-22-40-37-32(29-16-14-28(20-38)15-17-29)12-9-13-33(37)36(34)30-10-7-8-11-30/h9-10,12-19,21-22,25-27H,6-8,11,23-24H2,1-5H3. The van der Waals surface area contributed by atoms with Gasteiger partial charge in [-0.3, -0.25) is 4.98 Å². The summed E-state index contributed by atoms with van der Waals surface area (Å²) in [7, 11) is 0. The van der Waals surface area contributed by atoms with E-state index in [1.807, 2.05) is 36.7 Å². The Morgan fingerprint density at radius 2 is 1.63 bits per heavy atom. The predicted octanol–water partition coefficient (Wildman–Crippen LogP) is 9.55. The highest BCUT2D eigenvalue weighted by Crippen LogP contribution is 2.41. The quantitative estimate of drug-likeness (QED) is 0.200. The largest absolute Gasteiger partial charge is 0.356 e. The van der Waals surface area contributed by atoms with Gasteiger partial charge in [-0.2, -0.15) is 5.26 Å². The van der Waals surface area contributed by atoms with Gasteiger partial charge in [0, 0.05) is 47.6 Å². The van der Waals surface area contributed by atoms with Crippen molar-refractivity contribution in [1.29, 1.82) is 5.26 Å². The average molecular weight is 543 g/mol. The summed E-state index contributed by atoms with van der Waals surface area (Å²) in [5.41, 5.74) is 8.75. The Morgan fingerprint density at radius 3 is 2.27 bits per heavy atom. The number of benzene rings is 2. The van der Waals surface area contributed by atoms with Gasteiger partial charge in [-0.05, 0) is 78.0 Å². The van der Waals surface area contributed by atoms with Crippen molar-refractivity contribution in [3.8, 4) is 28.3 Å². The maximum absolute atomic E-state index is 9.25. The Bertz CT molecular complexity index is 1560. The van der Waals surface area contributed by atoms with Crippen LogP contribution in [0.2, 0.25) is 0 Å². The fraction of sp³-hybridized carbons (Fsp3) is 0.378. The molecule has 4 nitrogen and oxygen atoms in total. The van der Waals surface area contributed by atoms with E-state index < -0.39 is 0 Å². The molecule has 2 unspecified atom stereocenters. The third kappa shape index (κ3) is 6.20. The number of pyridine rings is 2.